The first kappa shape index (κ1) is 17.9. The summed E-state index contributed by atoms with van der Waals surface area (Å²) in [6.45, 7) is 0.459. The molecule has 3 rings (SSSR count). The molecule has 0 aliphatic carbocycles. The number of halogens is 1. The summed E-state index contributed by atoms with van der Waals surface area (Å²) in [5.41, 5.74) is 0.697. The van der Waals surface area contributed by atoms with E-state index in [-0.39, 0.29) is 17.2 Å². The number of carbonyl (C=O) groups is 3. The molecule has 0 unspecified atom stereocenters. The molecule has 26 heavy (non-hydrogen) atoms. The van der Waals surface area contributed by atoms with E-state index in [0.29, 0.717) is 23.7 Å². The SMILES string of the molecule is CN(C(=O)c1ccc(C(=O)O)nc1)[C@@H]1CCN(c2ccccc2Cl)C1=O. The standard InChI is InChI=1S/C18H16ClN3O4/c1-21(16(23)11-6-7-13(18(25)26)20-10-11)15-8-9-22(17(15)24)14-5-3-2-4-12(14)19/h2-7,10,15H,8-9H2,1H3,(H,25,26)/t15-/m1/s1. The van der Waals surface area contributed by atoms with E-state index in [1.807, 2.05) is 0 Å². The van der Waals surface area contributed by atoms with Crippen LogP contribution in [0.2, 0.25) is 5.02 Å². The number of carboxylic acids is 1. The Balaban J connectivity index is 1.77. The summed E-state index contributed by atoms with van der Waals surface area (Å²) in [5.74, 6) is -1.77. The zero-order chi connectivity index (χ0) is 18.8. The van der Waals surface area contributed by atoms with Crippen LogP contribution in [0.25, 0.3) is 0 Å². The number of hydrogen-bond acceptors (Lipinski definition) is 4. The molecule has 0 saturated carbocycles. The maximum Gasteiger partial charge on any atom is 0.354 e. The second kappa shape index (κ2) is 7.13. The van der Waals surface area contributed by atoms with Crippen LogP contribution in [0.3, 0.4) is 0 Å². The number of rotatable bonds is 4. The van der Waals surface area contributed by atoms with E-state index in [4.69, 9.17) is 16.7 Å². The molecule has 1 aliphatic rings. The smallest absolute Gasteiger partial charge is 0.354 e. The predicted octanol–water partition coefficient (Wildman–Crippen LogP) is 2.31. The van der Waals surface area contributed by atoms with Gasteiger partial charge in [0.2, 0.25) is 5.91 Å². The van der Waals surface area contributed by atoms with Gasteiger partial charge < -0.3 is 14.9 Å². The number of likely N-dealkylation sites (N-methyl/N-ethyl adjacent to an activating group) is 1. The number of aromatic nitrogens is 1. The number of carbonyl (C=O) groups excluding carboxylic acids is 2. The molecule has 1 aliphatic heterocycles. The second-order valence-electron chi connectivity index (χ2n) is 5.90. The Morgan fingerprint density at radius 1 is 1.27 bits per heavy atom. The first-order chi connectivity index (χ1) is 12.4. The van der Waals surface area contributed by atoms with Crippen LogP contribution in [0.4, 0.5) is 5.69 Å². The van der Waals surface area contributed by atoms with E-state index in [9.17, 15) is 14.4 Å². The summed E-state index contributed by atoms with van der Waals surface area (Å²) in [4.78, 5) is 42.9. The van der Waals surface area contributed by atoms with E-state index in [2.05, 4.69) is 4.98 Å². The molecule has 1 N–H and O–H groups in total. The lowest BCUT2D eigenvalue weighted by Gasteiger charge is -2.24. The number of para-hydroxylation sites is 1. The van der Waals surface area contributed by atoms with Crippen LogP contribution in [-0.2, 0) is 4.79 Å². The van der Waals surface area contributed by atoms with Gasteiger partial charge in [-0.3, -0.25) is 9.59 Å². The number of carboxylic acid groups (broad SMARTS) is 1. The van der Waals surface area contributed by atoms with Crippen LogP contribution in [0.1, 0.15) is 27.3 Å². The fourth-order valence-electron chi connectivity index (χ4n) is 2.93. The summed E-state index contributed by atoms with van der Waals surface area (Å²) in [7, 11) is 1.55. The molecule has 1 aromatic heterocycles. The van der Waals surface area contributed by atoms with Gasteiger partial charge in [0.1, 0.15) is 11.7 Å². The Kier molecular flexibility index (Phi) is 4.90. The van der Waals surface area contributed by atoms with Gasteiger partial charge in [0, 0.05) is 19.8 Å². The van der Waals surface area contributed by atoms with Crippen molar-refractivity contribution in [3.05, 3.63) is 58.9 Å². The molecule has 1 saturated heterocycles. The Labute approximate surface area is 154 Å². The highest BCUT2D eigenvalue weighted by Crippen LogP contribution is 2.30. The fraction of sp³-hybridized carbons (Fsp3) is 0.222. The Morgan fingerprint density at radius 3 is 2.62 bits per heavy atom. The van der Waals surface area contributed by atoms with Crippen LogP contribution >= 0.6 is 11.6 Å². The van der Waals surface area contributed by atoms with Gasteiger partial charge in [-0.25, -0.2) is 9.78 Å². The lowest BCUT2D eigenvalue weighted by Crippen LogP contribution is -2.43. The molecule has 2 heterocycles. The van der Waals surface area contributed by atoms with E-state index in [1.165, 1.54) is 23.2 Å². The molecule has 2 amide bonds. The van der Waals surface area contributed by atoms with Crippen molar-refractivity contribution in [1.82, 2.24) is 9.88 Å². The minimum atomic E-state index is -1.17. The average molecular weight is 374 g/mol. The van der Waals surface area contributed by atoms with Crippen molar-refractivity contribution in [2.24, 2.45) is 0 Å². The second-order valence-corrected chi connectivity index (χ2v) is 6.31. The molecule has 1 fully saturated rings. The van der Waals surface area contributed by atoms with Gasteiger partial charge >= 0.3 is 5.97 Å². The van der Waals surface area contributed by atoms with Crippen molar-refractivity contribution in [1.29, 1.82) is 0 Å². The maximum absolute atomic E-state index is 12.8. The third kappa shape index (κ3) is 3.25. The third-order valence-corrected chi connectivity index (χ3v) is 4.66. The van der Waals surface area contributed by atoms with Crippen LogP contribution in [0, 0.1) is 0 Å². The van der Waals surface area contributed by atoms with E-state index in [0.717, 1.165) is 0 Å². The summed E-state index contributed by atoms with van der Waals surface area (Å²) in [5, 5.41) is 9.35. The van der Waals surface area contributed by atoms with Crippen molar-refractivity contribution >= 4 is 35.1 Å². The lowest BCUT2D eigenvalue weighted by molar-refractivity contribution is -0.120. The number of anilines is 1. The highest BCUT2D eigenvalue weighted by atomic mass is 35.5. The number of hydrogen-bond donors (Lipinski definition) is 1. The third-order valence-electron chi connectivity index (χ3n) is 4.34. The largest absolute Gasteiger partial charge is 0.477 e. The molecule has 8 heteroatoms. The van der Waals surface area contributed by atoms with Gasteiger partial charge in [-0.2, -0.15) is 0 Å². The van der Waals surface area contributed by atoms with Gasteiger partial charge in [0.15, 0.2) is 0 Å². The molecular weight excluding hydrogens is 358 g/mol. The topological polar surface area (TPSA) is 90.8 Å². The van der Waals surface area contributed by atoms with Crippen LogP contribution < -0.4 is 4.90 Å². The Morgan fingerprint density at radius 2 is 2.00 bits per heavy atom. The molecule has 0 spiro atoms. The van der Waals surface area contributed by atoms with Gasteiger partial charge in [-0.1, -0.05) is 23.7 Å². The van der Waals surface area contributed by atoms with Crippen molar-refractivity contribution < 1.29 is 19.5 Å². The summed E-state index contributed by atoms with van der Waals surface area (Å²) < 4.78 is 0. The number of benzene rings is 1. The first-order valence-electron chi connectivity index (χ1n) is 7.92. The molecular formula is C18H16ClN3O4. The zero-order valence-corrected chi connectivity index (χ0v) is 14.7. The van der Waals surface area contributed by atoms with Gasteiger partial charge in [-0.15, -0.1) is 0 Å². The van der Waals surface area contributed by atoms with E-state index >= 15 is 0 Å². The highest BCUT2D eigenvalue weighted by molar-refractivity contribution is 6.34. The minimum Gasteiger partial charge on any atom is -0.477 e. The van der Waals surface area contributed by atoms with Crippen molar-refractivity contribution in [2.75, 3.05) is 18.5 Å². The zero-order valence-electron chi connectivity index (χ0n) is 13.9. The predicted molar refractivity (Wildman–Crippen MR) is 95.5 cm³/mol. The van der Waals surface area contributed by atoms with Crippen molar-refractivity contribution in [3.63, 3.8) is 0 Å². The van der Waals surface area contributed by atoms with Crippen LogP contribution in [-0.4, -0.2) is 52.4 Å². The first-order valence-corrected chi connectivity index (χ1v) is 8.30. The van der Waals surface area contributed by atoms with Gasteiger partial charge in [0.25, 0.3) is 5.91 Å². The number of pyridine rings is 1. The van der Waals surface area contributed by atoms with E-state index < -0.39 is 17.9 Å². The molecule has 134 valence electrons. The highest BCUT2D eigenvalue weighted by Gasteiger charge is 2.38. The Bertz CT molecular complexity index is 869. The maximum atomic E-state index is 12.8. The summed E-state index contributed by atoms with van der Waals surface area (Å²) in [6.07, 6.45) is 1.68. The van der Waals surface area contributed by atoms with Crippen LogP contribution in [0.15, 0.2) is 42.6 Å². The molecule has 1 aromatic carbocycles. The molecule has 7 nitrogen and oxygen atoms in total. The number of nitrogens with zero attached hydrogens (tertiary/aromatic N) is 3. The van der Waals surface area contributed by atoms with Gasteiger partial charge in [-0.05, 0) is 30.7 Å². The molecule has 2 aromatic rings. The fourth-order valence-corrected chi connectivity index (χ4v) is 3.16. The van der Waals surface area contributed by atoms with Crippen molar-refractivity contribution in [3.8, 4) is 0 Å². The monoisotopic (exact) mass is 373 g/mol. The average Bonchev–Trinajstić information content (AvgIpc) is 3.02. The quantitative estimate of drug-likeness (QED) is 0.888. The number of amides is 2. The number of aromatic carboxylic acids is 1. The van der Waals surface area contributed by atoms with E-state index in [1.54, 1.807) is 36.2 Å². The van der Waals surface area contributed by atoms with Crippen LogP contribution in [0.5, 0.6) is 0 Å². The summed E-state index contributed by atoms with van der Waals surface area (Å²) >= 11 is 6.17. The molecule has 1 atom stereocenters. The van der Waals surface area contributed by atoms with Crippen molar-refractivity contribution in [2.45, 2.75) is 12.5 Å². The minimum absolute atomic E-state index is 0.147. The summed E-state index contributed by atoms with van der Waals surface area (Å²) in [6, 6.07) is 9.09. The van der Waals surface area contributed by atoms with Gasteiger partial charge in [0.05, 0.1) is 16.3 Å². The molecule has 0 bridgehead atoms. The Hall–Kier alpha value is -2.93. The molecule has 0 radical (unpaired) electrons. The normalized spacial score (nSPS) is 16.6. The lowest BCUT2D eigenvalue weighted by atomic mass is 10.1.